The Morgan fingerprint density at radius 1 is 1.11 bits per heavy atom. The molecular weight excluding hydrogens is 236 g/mol. The first-order valence-corrected chi connectivity index (χ1v) is 7.95. The quantitative estimate of drug-likeness (QED) is 0.696. The first kappa shape index (κ1) is 16.3. The van der Waals surface area contributed by atoms with Crippen molar-refractivity contribution in [2.24, 2.45) is 11.8 Å². The van der Waals surface area contributed by atoms with Crippen molar-refractivity contribution in [2.75, 3.05) is 0 Å². The Hall–Kier alpha value is -0.790. The number of hydrogen-bond acceptors (Lipinski definition) is 1. The van der Waals surface area contributed by atoms with Gasteiger partial charge < -0.3 is 5.11 Å². The molecule has 0 amide bonds. The Bertz CT molecular complexity index is 307. The summed E-state index contributed by atoms with van der Waals surface area (Å²) in [7, 11) is 0. The maximum atomic E-state index is 11.3. The van der Waals surface area contributed by atoms with Crippen molar-refractivity contribution in [1.29, 1.82) is 0 Å². The topological polar surface area (TPSA) is 37.3 Å². The minimum atomic E-state index is -0.721. The molecule has 1 aliphatic carbocycles. The van der Waals surface area contributed by atoms with Gasteiger partial charge in [0.1, 0.15) is 0 Å². The molecule has 0 radical (unpaired) electrons. The van der Waals surface area contributed by atoms with Crippen LogP contribution in [-0.2, 0) is 4.79 Å². The van der Waals surface area contributed by atoms with Crippen LogP contribution in [0.4, 0.5) is 0 Å². The summed E-state index contributed by atoms with van der Waals surface area (Å²) in [6.45, 7) is 6.23. The highest BCUT2D eigenvalue weighted by molar-refractivity contribution is 5.86. The van der Waals surface area contributed by atoms with Crippen LogP contribution in [0.2, 0.25) is 0 Å². The van der Waals surface area contributed by atoms with Gasteiger partial charge in [0.15, 0.2) is 0 Å². The lowest BCUT2D eigenvalue weighted by molar-refractivity contribution is -0.132. The van der Waals surface area contributed by atoms with E-state index in [4.69, 9.17) is 0 Å². The highest BCUT2D eigenvalue weighted by atomic mass is 16.4. The number of allylic oxidation sites excluding steroid dienone is 1. The number of carboxylic acids is 1. The highest BCUT2D eigenvalue weighted by Gasteiger charge is 2.20. The summed E-state index contributed by atoms with van der Waals surface area (Å²) in [5, 5.41) is 9.32. The van der Waals surface area contributed by atoms with E-state index < -0.39 is 5.97 Å². The molecule has 0 aromatic heterocycles. The molecule has 1 N–H and O–H groups in total. The summed E-state index contributed by atoms with van der Waals surface area (Å²) in [4.78, 5) is 11.3. The first-order valence-electron chi connectivity index (χ1n) is 7.95. The molecule has 0 aliphatic heterocycles. The van der Waals surface area contributed by atoms with Crippen molar-refractivity contribution in [1.82, 2.24) is 0 Å². The van der Waals surface area contributed by atoms with Crippen LogP contribution in [-0.4, -0.2) is 11.1 Å². The zero-order chi connectivity index (χ0) is 14.3. The Balaban J connectivity index is 2.81. The van der Waals surface area contributed by atoms with Crippen LogP contribution >= 0.6 is 0 Å². The minimum absolute atomic E-state index is 0.523. The average molecular weight is 266 g/mol. The highest BCUT2D eigenvalue weighted by Crippen LogP contribution is 2.33. The summed E-state index contributed by atoms with van der Waals surface area (Å²) < 4.78 is 0. The summed E-state index contributed by atoms with van der Waals surface area (Å²) in [5.74, 6) is 0.445. The lowest BCUT2D eigenvalue weighted by Gasteiger charge is -2.24. The molecule has 19 heavy (non-hydrogen) atoms. The second-order valence-electron chi connectivity index (χ2n) is 6.43. The van der Waals surface area contributed by atoms with Crippen molar-refractivity contribution in [2.45, 2.75) is 78.6 Å². The van der Waals surface area contributed by atoms with Gasteiger partial charge in [0, 0.05) is 5.57 Å². The number of carboxylic acid groups (broad SMARTS) is 1. The lowest BCUT2D eigenvalue weighted by atomic mass is 9.81. The summed E-state index contributed by atoms with van der Waals surface area (Å²) in [5.41, 5.74) is 1.86. The van der Waals surface area contributed by atoms with E-state index in [1.807, 2.05) is 0 Å². The molecule has 0 saturated heterocycles. The van der Waals surface area contributed by atoms with Gasteiger partial charge in [-0.15, -0.1) is 0 Å². The Morgan fingerprint density at radius 3 is 2.11 bits per heavy atom. The smallest absolute Gasteiger partial charge is 0.331 e. The number of rotatable bonds is 5. The van der Waals surface area contributed by atoms with E-state index in [9.17, 15) is 9.90 Å². The molecule has 0 aromatic carbocycles. The molecule has 2 nitrogen and oxygen atoms in total. The summed E-state index contributed by atoms with van der Waals surface area (Å²) in [6.07, 6.45) is 11.0. The average Bonchev–Trinajstić information content (AvgIpc) is 2.30. The van der Waals surface area contributed by atoms with Gasteiger partial charge in [-0.25, -0.2) is 4.79 Å². The molecule has 0 unspecified atom stereocenters. The summed E-state index contributed by atoms with van der Waals surface area (Å²) >= 11 is 0. The van der Waals surface area contributed by atoms with Gasteiger partial charge in [0.25, 0.3) is 0 Å². The molecule has 0 spiro atoms. The van der Waals surface area contributed by atoms with E-state index in [-0.39, 0.29) is 0 Å². The maximum absolute atomic E-state index is 11.3. The monoisotopic (exact) mass is 266 g/mol. The molecular formula is C17H30O2. The second kappa shape index (κ2) is 8.39. The van der Waals surface area contributed by atoms with Crippen LogP contribution in [0.3, 0.4) is 0 Å². The van der Waals surface area contributed by atoms with Gasteiger partial charge in [-0.2, -0.15) is 0 Å². The van der Waals surface area contributed by atoms with Crippen molar-refractivity contribution < 1.29 is 9.90 Å². The predicted molar refractivity (Wildman–Crippen MR) is 80.2 cm³/mol. The fourth-order valence-electron chi connectivity index (χ4n) is 3.08. The molecule has 1 aliphatic rings. The van der Waals surface area contributed by atoms with Gasteiger partial charge >= 0.3 is 5.97 Å². The fourth-order valence-corrected chi connectivity index (χ4v) is 3.08. The standard InChI is InChI=1S/C17H30O2/c1-13(2)11-12-16(14(3)17(18)19)15-9-7-5-4-6-8-10-15/h13,15H,4-12H2,1-3H3,(H,18,19)/b16-14-. The normalized spacial score (nSPS) is 19.8. The van der Waals surface area contributed by atoms with E-state index in [1.165, 1.54) is 50.5 Å². The molecule has 0 aromatic rings. The van der Waals surface area contributed by atoms with Crippen molar-refractivity contribution in [3.8, 4) is 0 Å². The molecule has 1 fully saturated rings. The van der Waals surface area contributed by atoms with Gasteiger partial charge in [0.2, 0.25) is 0 Å². The Morgan fingerprint density at radius 2 is 1.63 bits per heavy atom. The van der Waals surface area contributed by atoms with Crippen LogP contribution < -0.4 is 0 Å². The number of hydrogen-bond donors (Lipinski definition) is 1. The number of aliphatic carboxylic acids is 1. The molecule has 110 valence electrons. The maximum Gasteiger partial charge on any atom is 0.331 e. The molecule has 1 rings (SSSR count). The SMILES string of the molecule is C/C(C(=O)O)=C(\CCC(C)C)C1CCCCCCC1. The first-order chi connectivity index (χ1) is 9.02. The van der Waals surface area contributed by atoms with Crippen LogP contribution in [0.5, 0.6) is 0 Å². The zero-order valence-electron chi connectivity index (χ0n) is 12.9. The van der Waals surface area contributed by atoms with Gasteiger partial charge in [-0.3, -0.25) is 0 Å². The third kappa shape index (κ3) is 5.80. The Kier molecular flexibility index (Phi) is 7.19. The number of carbonyl (C=O) groups is 1. The molecule has 0 bridgehead atoms. The van der Waals surface area contributed by atoms with Crippen LogP contribution in [0.25, 0.3) is 0 Å². The largest absolute Gasteiger partial charge is 0.478 e. The predicted octanol–water partition coefficient (Wildman–Crippen LogP) is 5.18. The van der Waals surface area contributed by atoms with Crippen molar-refractivity contribution >= 4 is 5.97 Å². The minimum Gasteiger partial charge on any atom is -0.478 e. The third-order valence-corrected chi connectivity index (χ3v) is 4.39. The molecule has 2 heteroatoms. The summed E-state index contributed by atoms with van der Waals surface area (Å²) in [6, 6.07) is 0. The van der Waals surface area contributed by atoms with Gasteiger partial charge in [-0.05, 0) is 44.4 Å². The van der Waals surface area contributed by atoms with Crippen LogP contribution in [0.15, 0.2) is 11.1 Å². The van der Waals surface area contributed by atoms with E-state index in [0.29, 0.717) is 17.4 Å². The van der Waals surface area contributed by atoms with E-state index >= 15 is 0 Å². The van der Waals surface area contributed by atoms with E-state index in [1.54, 1.807) is 6.92 Å². The van der Waals surface area contributed by atoms with Crippen LogP contribution in [0, 0.1) is 11.8 Å². The van der Waals surface area contributed by atoms with Crippen molar-refractivity contribution in [3.63, 3.8) is 0 Å². The lowest BCUT2D eigenvalue weighted by Crippen LogP contribution is -2.13. The molecule has 0 heterocycles. The second-order valence-corrected chi connectivity index (χ2v) is 6.43. The van der Waals surface area contributed by atoms with Crippen LogP contribution in [0.1, 0.15) is 78.6 Å². The zero-order valence-corrected chi connectivity index (χ0v) is 12.9. The molecule has 1 saturated carbocycles. The van der Waals surface area contributed by atoms with Crippen molar-refractivity contribution in [3.05, 3.63) is 11.1 Å². The third-order valence-electron chi connectivity index (χ3n) is 4.39. The van der Waals surface area contributed by atoms with E-state index in [0.717, 1.165) is 12.8 Å². The van der Waals surface area contributed by atoms with Gasteiger partial charge in [-0.1, -0.05) is 51.5 Å². The Labute approximate surface area is 118 Å². The van der Waals surface area contributed by atoms with Gasteiger partial charge in [0.05, 0.1) is 0 Å². The van der Waals surface area contributed by atoms with E-state index in [2.05, 4.69) is 13.8 Å². The fraction of sp³-hybridized carbons (Fsp3) is 0.824. The molecule has 0 atom stereocenters.